The van der Waals surface area contributed by atoms with Crippen molar-refractivity contribution >= 4 is 5.78 Å². The minimum atomic E-state index is 0.295. The van der Waals surface area contributed by atoms with Crippen molar-refractivity contribution < 1.29 is 9.53 Å². The summed E-state index contributed by atoms with van der Waals surface area (Å²) in [4.78, 5) is 12.2. The molecule has 0 radical (unpaired) electrons. The number of aryl methyl sites for hydroxylation is 3. The predicted molar refractivity (Wildman–Crippen MR) is 85.9 cm³/mol. The zero-order valence-electron chi connectivity index (χ0n) is 13.0. The molecule has 21 heavy (non-hydrogen) atoms. The lowest BCUT2D eigenvalue weighted by Gasteiger charge is -2.09. The van der Waals surface area contributed by atoms with Crippen LogP contribution < -0.4 is 4.74 Å². The topological polar surface area (TPSA) is 26.3 Å². The van der Waals surface area contributed by atoms with Gasteiger partial charge in [-0.25, -0.2) is 0 Å². The van der Waals surface area contributed by atoms with Gasteiger partial charge in [0.1, 0.15) is 11.5 Å². The van der Waals surface area contributed by atoms with Crippen LogP contribution in [0.1, 0.15) is 28.7 Å². The summed E-state index contributed by atoms with van der Waals surface area (Å²) in [5.74, 6) is 1.14. The van der Waals surface area contributed by atoms with Crippen LogP contribution in [-0.4, -0.2) is 12.9 Å². The third kappa shape index (κ3) is 4.19. The van der Waals surface area contributed by atoms with E-state index in [9.17, 15) is 4.79 Å². The maximum Gasteiger partial charge on any atom is 0.137 e. The summed E-state index contributed by atoms with van der Waals surface area (Å²) in [5, 5.41) is 0. The SMILES string of the molecule is COc1ccc(CCC(=O)Cc2c(C)cccc2C)cc1. The first kappa shape index (κ1) is 15.3. The molecule has 2 aromatic rings. The van der Waals surface area contributed by atoms with Crippen LogP contribution in [0.4, 0.5) is 0 Å². The van der Waals surface area contributed by atoms with E-state index in [0.29, 0.717) is 18.6 Å². The van der Waals surface area contributed by atoms with E-state index >= 15 is 0 Å². The van der Waals surface area contributed by atoms with Crippen molar-refractivity contribution in [2.24, 2.45) is 0 Å². The first-order valence-corrected chi connectivity index (χ1v) is 7.30. The summed E-state index contributed by atoms with van der Waals surface area (Å²) >= 11 is 0. The summed E-state index contributed by atoms with van der Waals surface area (Å²) in [5.41, 5.74) is 4.75. The number of hydrogen-bond donors (Lipinski definition) is 0. The highest BCUT2D eigenvalue weighted by molar-refractivity contribution is 5.81. The molecule has 2 rings (SSSR count). The van der Waals surface area contributed by atoms with E-state index in [1.54, 1.807) is 7.11 Å². The normalized spacial score (nSPS) is 10.4. The molecular formula is C19H22O2. The van der Waals surface area contributed by atoms with Gasteiger partial charge in [0.15, 0.2) is 0 Å². The lowest BCUT2D eigenvalue weighted by atomic mass is 9.96. The maximum atomic E-state index is 12.2. The van der Waals surface area contributed by atoms with Gasteiger partial charge in [0.05, 0.1) is 7.11 Å². The standard InChI is InChI=1S/C19H22O2/c1-14-5-4-6-15(2)19(14)13-17(20)10-7-16-8-11-18(21-3)12-9-16/h4-6,8-9,11-12H,7,10,13H2,1-3H3. The molecule has 2 heteroatoms. The Morgan fingerprint density at radius 1 is 1.00 bits per heavy atom. The quantitative estimate of drug-likeness (QED) is 0.798. The number of methoxy groups -OCH3 is 1. The minimum absolute atomic E-state index is 0.295. The van der Waals surface area contributed by atoms with Crippen LogP contribution in [0.15, 0.2) is 42.5 Å². The third-order valence-corrected chi connectivity index (χ3v) is 3.87. The average molecular weight is 282 g/mol. The van der Waals surface area contributed by atoms with Crippen molar-refractivity contribution in [1.29, 1.82) is 0 Å². The average Bonchev–Trinajstić information content (AvgIpc) is 2.49. The molecule has 0 bridgehead atoms. The lowest BCUT2D eigenvalue weighted by molar-refractivity contribution is -0.118. The van der Waals surface area contributed by atoms with Gasteiger partial charge in [-0.1, -0.05) is 30.3 Å². The highest BCUT2D eigenvalue weighted by Gasteiger charge is 2.09. The number of ketones is 1. The summed E-state index contributed by atoms with van der Waals surface area (Å²) in [6.45, 7) is 4.14. The van der Waals surface area contributed by atoms with Crippen LogP contribution in [0.5, 0.6) is 5.75 Å². The Morgan fingerprint density at radius 2 is 1.62 bits per heavy atom. The highest BCUT2D eigenvalue weighted by Crippen LogP contribution is 2.16. The second-order valence-electron chi connectivity index (χ2n) is 5.43. The molecule has 0 aliphatic carbocycles. The van der Waals surface area contributed by atoms with E-state index in [1.165, 1.54) is 22.3 Å². The first-order valence-electron chi connectivity index (χ1n) is 7.30. The van der Waals surface area contributed by atoms with Crippen molar-refractivity contribution in [2.75, 3.05) is 7.11 Å². The van der Waals surface area contributed by atoms with Gasteiger partial charge in [-0.05, 0) is 54.7 Å². The second-order valence-corrected chi connectivity index (χ2v) is 5.43. The van der Waals surface area contributed by atoms with Crippen LogP contribution in [0.25, 0.3) is 0 Å². The summed E-state index contributed by atoms with van der Waals surface area (Å²) in [7, 11) is 1.66. The fourth-order valence-electron chi connectivity index (χ4n) is 2.49. The molecule has 0 saturated heterocycles. The van der Waals surface area contributed by atoms with E-state index in [0.717, 1.165) is 12.2 Å². The molecule has 2 aromatic carbocycles. The van der Waals surface area contributed by atoms with Gasteiger partial charge in [0, 0.05) is 12.8 Å². The number of rotatable bonds is 6. The largest absolute Gasteiger partial charge is 0.497 e. The van der Waals surface area contributed by atoms with E-state index < -0.39 is 0 Å². The van der Waals surface area contributed by atoms with Crippen LogP contribution in [0.2, 0.25) is 0 Å². The molecular weight excluding hydrogens is 260 g/mol. The number of carbonyl (C=O) groups excluding carboxylic acids is 1. The Balaban J connectivity index is 1.92. The Labute approximate surface area is 126 Å². The monoisotopic (exact) mass is 282 g/mol. The predicted octanol–water partition coefficient (Wildman–Crippen LogP) is 4.06. The molecule has 0 aliphatic rings. The van der Waals surface area contributed by atoms with Gasteiger partial charge < -0.3 is 4.74 Å². The molecule has 0 amide bonds. The zero-order valence-corrected chi connectivity index (χ0v) is 13.0. The maximum absolute atomic E-state index is 12.2. The molecule has 0 unspecified atom stereocenters. The van der Waals surface area contributed by atoms with E-state index in [2.05, 4.69) is 26.0 Å². The van der Waals surface area contributed by atoms with Crippen molar-refractivity contribution in [3.8, 4) is 5.75 Å². The second kappa shape index (κ2) is 7.07. The molecule has 2 nitrogen and oxygen atoms in total. The molecule has 0 spiro atoms. The summed E-state index contributed by atoms with van der Waals surface area (Å²) < 4.78 is 5.13. The van der Waals surface area contributed by atoms with Gasteiger partial charge in [-0.15, -0.1) is 0 Å². The highest BCUT2D eigenvalue weighted by atomic mass is 16.5. The molecule has 0 aromatic heterocycles. The zero-order chi connectivity index (χ0) is 15.2. The van der Waals surface area contributed by atoms with Crippen molar-refractivity contribution in [3.05, 3.63) is 64.7 Å². The van der Waals surface area contributed by atoms with Gasteiger partial charge in [0.25, 0.3) is 0 Å². The number of carbonyl (C=O) groups is 1. The number of hydrogen-bond acceptors (Lipinski definition) is 2. The number of ether oxygens (including phenoxy) is 1. The summed E-state index contributed by atoms with van der Waals surface area (Å²) in [6.07, 6.45) is 1.91. The minimum Gasteiger partial charge on any atom is -0.497 e. The van der Waals surface area contributed by atoms with Crippen molar-refractivity contribution in [2.45, 2.75) is 33.1 Å². The van der Waals surface area contributed by atoms with E-state index in [4.69, 9.17) is 4.74 Å². The van der Waals surface area contributed by atoms with Crippen LogP contribution in [0, 0.1) is 13.8 Å². The fraction of sp³-hybridized carbons (Fsp3) is 0.316. The Morgan fingerprint density at radius 3 is 2.19 bits per heavy atom. The fourth-order valence-corrected chi connectivity index (χ4v) is 2.49. The smallest absolute Gasteiger partial charge is 0.137 e. The Hall–Kier alpha value is -2.09. The molecule has 0 fully saturated rings. The van der Waals surface area contributed by atoms with Crippen LogP contribution in [0.3, 0.4) is 0 Å². The van der Waals surface area contributed by atoms with Crippen molar-refractivity contribution in [3.63, 3.8) is 0 Å². The molecule has 0 atom stereocenters. The third-order valence-electron chi connectivity index (χ3n) is 3.87. The first-order chi connectivity index (χ1) is 10.1. The van der Waals surface area contributed by atoms with Crippen LogP contribution in [-0.2, 0) is 17.6 Å². The Bertz CT molecular complexity index is 592. The molecule has 0 aliphatic heterocycles. The van der Waals surface area contributed by atoms with Crippen molar-refractivity contribution in [1.82, 2.24) is 0 Å². The molecule has 0 N–H and O–H groups in total. The van der Waals surface area contributed by atoms with Crippen LogP contribution >= 0.6 is 0 Å². The van der Waals surface area contributed by atoms with Gasteiger partial charge in [0.2, 0.25) is 0 Å². The summed E-state index contributed by atoms with van der Waals surface area (Å²) in [6, 6.07) is 14.1. The lowest BCUT2D eigenvalue weighted by Crippen LogP contribution is -2.07. The number of Topliss-reactive ketones (excluding diaryl/α,β-unsaturated/α-hetero) is 1. The Kier molecular flexibility index (Phi) is 5.15. The molecule has 110 valence electrons. The van der Waals surface area contributed by atoms with Gasteiger partial charge in [-0.3, -0.25) is 4.79 Å². The van der Waals surface area contributed by atoms with E-state index in [-0.39, 0.29) is 0 Å². The number of benzene rings is 2. The molecule has 0 heterocycles. The van der Waals surface area contributed by atoms with Gasteiger partial charge >= 0.3 is 0 Å². The van der Waals surface area contributed by atoms with Gasteiger partial charge in [-0.2, -0.15) is 0 Å². The van der Waals surface area contributed by atoms with E-state index in [1.807, 2.05) is 30.3 Å². The molecule has 0 saturated carbocycles.